The van der Waals surface area contributed by atoms with Crippen molar-refractivity contribution in [2.45, 2.75) is 25.9 Å². The van der Waals surface area contributed by atoms with Gasteiger partial charge in [0.25, 0.3) is 0 Å². The first kappa shape index (κ1) is 16.8. The van der Waals surface area contributed by atoms with Crippen molar-refractivity contribution in [1.29, 1.82) is 0 Å². The normalized spacial score (nSPS) is 13.2. The summed E-state index contributed by atoms with van der Waals surface area (Å²) in [6.45, 7) is 3.44. The van der Waals surface area contributed by atoms with Crippen molar-refractivity contribution >= 4 is 22.7 Å². The lowest BCUT2D eigenvalue weighted by Crippen LogP contribution is -2.24. The molecule has 122 valence electrons. The molecular weight excluding hydrogens is 296 g/mol. The highest BCUT2D eigenvalue weighted by Crippen LogP contribution is 2.26. The van der Waals surface area contributed by atoms with Crippen LogP contribution in [-0.2, 0) is 19.1 Å². The quantitative estimate of drug-likeness (QED) is 0.793. The molecule has 2 rings (SSSR count). The number of hydrogen-bond donors (Lipinski definition) is 0. The number of benzene rings is 2. The fraction of sp³-hybridized carbons (Fsp3) is 0.333. The summed E-state index contributed by atoms with van der Waals surface area (Å²) in [6, 6.07) is 11.3. The van der Waals surface area contributed by atoms with E-state index >= 15 is 0 Å². The highest BCUT2D eigenvalue weighted by Gasteiger charge is 2.17. The van der Waals surface area contributed by atoms with E-state index in [9.17, 15) is 9.59 Å². The molecule has 0 N–H and O–H groups in total. The third-order valence-electron chi connectivity index (χ3n) is 3.74. The van der Waals surface area contributed by atoms with Crippen LogP contribution in [0.3, 0.4) is 0 Å². The van der Waals surface area contributed by atoms with Crippen LogP contribution in [0.2, 0.25) is 0 Å². The van der Waals surface area contributed by atoms with Crippen molar-refractivity contribution in [3.8, 4) is 5.75 Å². The number of carbonyl (C=O) groups excluding carboxylic acids is 2. The molecule has 0 aliphatic heterocycles. The third kappa shape index (κ3) is 3.80. The lowest BCUT2D eigenvalue weighted by molar-refractivity contribution is -0.148. The molecule has 0 aromatic heterocycles. The molecule has 0 saturated carbocycles. The van der Waals surface area contributed by atoms with E-state index in [1.807, 2.05) is 37.3 Å². The first-order chi connectivity index (χ1) is 11.0. The van der Waals surface area contributed by atoms with Gasteiger partial charge in [0.2, 0.25) is 0 Å². The molecular formula is C18H20O5. The van der Waals surface area contributed by atoms with Crippen LogP contribution in [0, 0.1) is 0 Å². The van der Waals surface area contributed by atoms with Crippen molar-refractivity contribution < 1.29 is 23.8 Å². The predicted molar refractivity (Wildman–Crippen MR) is 86.5 cm³/mol. The molecule has 2 unspecified atom stereocenters. The van der Waals surface area contributed by atoms with Crippen LogP contribution in [0.15, 0.2) is 36.4 Å². The van der Waals surface area contributed by atoms with Gasteiger partial charge in [-0.15, -0.1) is 0 Å². The summed E-state index contributed by atoms with van der Waals surface area (Å²) in [6.07, 6.45) is -0.670. The maximum Gasteiger partial charge on any atom is 0.346 e. The SMILES string of the molecule is COC(=O)C(C)Oc1ccc2cc(C(C)C(=O)OC)ccc2c1. The molecule has 2 aromatic carbocycles. The Labute approximate surface area is 135 Å². The smallest absolute Gasteiger partial charge is 0.346 e. The van der Waals surface area contributed by atoms with E-state index in [-0.39, 0.29) is 11.9 Å². The number of methoxy groups -OCH3 is 2. The largest absolute Gasteiger partial charge is 0.479 e. The first-order valence-corrected chi connectivity index (χ1v) is 7.32. The second kappa shape index (κ2) is 7.13. The second-order valence-corrected chi connectivity index (χ2v) is 5.30. The maximum atomic E-state index is 11.6. The molecule has 23 heavy (non-hydrogen) atoms. The van der Waals surface area contributed by atoms with Crippen molar-refractivity contribution in [3.63, 3.8) is 0 Å². The highest BCUT2D eigenvalue weighted by atomic mass is 16.6. The number of carbonyl (C=O) groups is 2. The minimum atomic E-state index is -0.670. The van der Waals surface area contributed by atoms with Gasteiger partial charge in [-0.1, -0.05) is 24.3 Å². The molecule has 5 heteroatoms. The molecule has 0 radical (unpaired) electrons. The average molecular weight is 316 g/mol. The van der Waals surface area contributed by atoms with Gasteiger partial charge in [-0.05, 0) is 42.3 Å². The molecule has 0 saturated heterocycles. The van der Waals surface area contributed by atoms with Gasteiger partial charge >= 0.3 is 11.9 Å². The summed E-state index contributed by atoms with van der Waals surface area (Å²) in [5.41, 5.74) is 0.890. The maximum absolute atomic E-state index is 11.6. The van der Waals surface area contributed by atoms with Gasteiger partial charge in [-0.2, -0.15) is 0 Å². The summed E-state index contributed by atoms with van der Waals surface area (Å²) in [7, 11) is 2.71. The van der Waals surface area contributed by atoms with E-state index in [2.05, 4.69) is 4.74 Å². The molecule has 0 spiro atoms. The van der Waals surface area contributed by atoms with Gasteiger partial charge in [0.1, 0.15) is 5.75 Å². The Morgan fingerprint density at radius 1 is 0.870 bits per heavy atom. The Morgan fingerprint density at radius 3 is 2.13 bits per heavy atom. The van der Waals surface area contributed by atoms with Gasteiger partial charge in [-0.25, -0.2) is 4.79 Å². The zero-order valence-corrected chi connectivity index (χ0v) is 13.7. The van der Waals surface area contributed by atoms with E-state index in [0.29, 0.717) is 5.75 Å². The molecule has 0 fully saturated rings. The average Bonchev–Trinajstić information content (AvgIpc) is 2.58. The Kier molecular flexibility index (Phi) is 5.21. The fourth-order valence-electron chi connectivity index (χ4n) is 2.32. The summed E-state index contributed by atoms with van der Waals surface area (Å²) in [5, 5.41) is 1.94. The minimum absolute atomic E-state index is 0.267. The minimum Gasteiger partial charge on any atom is -0.479 e. The molecule has 0 bridgehead atoms. The van der Waals surface area contributed by atoms with Crippen LogP contribution in [0.4, 0.5) is 0 Å². The monoisotopic (exact) mass is 316 g/mol. The lowest BCUT2D eigenvalue weighted by Gasteiger charge is -2.14. The Hall–Kier alpha value is -2.56. The second-order valence-electron chi connectivity index (χ2n) is 5.30. The zero-order chi connectivity index (χ0) is 17.0. The number of hydrogen-bond acceptors (Lipinski definition) is 5. The van der Waals surface area contributed by atoms with E-state index in [1.165, 1.54) is 14.2 Å². The van der Waals surface area contributed by atoms with E-state index in [4.69, 9.17) is 9.47 Å². The summed E-state index contributed by atoms with van der Waals surface area (Å²) in [5.74, 6) is -0.424. The number of rotatable bonds is 5. The molecule has 0 aliphatic carbocycles. The van der Waals surface area contributed by atoms with E-state index in [0.717, 1.165) is 16.3 Å². The Morgan fingerprint density at radius 2 is 1.48 bits per heavy atom. The molecule has 5 nitrogen and oxygen atoms in total. The van der Waals surface area contributed by atoms with E-state index in [1.54, 1.807) is 13.0 Å². The third-order valence-corrected chi connectivity index (χ3v) is 3.74. The van der Waals surface area contributed by atoms with Crippen molar-refractivity contribution in [2.24, 2.45) is 0 Å². The van der Waals surface area contributed by atoms with Gasteiger partial charge in [0.15, 0.2) is 6.10 Å². The molecule has 2 aromatic rings. The van der Waals surface area contributed by atoms with Crippen LogP contribution in [0.1, 0.15) is 25.3 Å². The van der Waals surface area contributed by atoms with Crippen LogP contribution in [0.25, 0.3) is 10.8 Å². The van der Waals surface area contributed by atoms with Crippen molar-refractivity contribution in [2.75, 3.05) is 14.2 Å². The zero-order valence-electron chi connectivity index (χ0n) is 13.7. The first-order valence-electron chi connectivity index (χ1n) is 7.32. The predicted octanol–water partition coefficient (Wildman–Crippen LogP) is 3.06. The number of esters is 2. The summed E-state index contributed by atoms with van der Waals surface area (Å²) in [4.78, 5) is 23.0. The van der Waals surface area contributed by atoms with Crippen molar-refractivity contribution in [3.05, 3.63) is 42.0 Å². The van der Waals surface area contributed by atoms with E-state index < -0.39 is 12.1 Å². The Balaban J connectivity index is 2.25. The number of fused-ring (bicyclic) bond motifs is 1. The van der Waals surface area contributed by atoms with Crippen LogP contribution in [-0.4, -0.2) is 32.3 Å². The molecule has 0 heterocycles. The summed E-state index contributed by atoms with van der Waals surface area (Å²) < 4.78 is 15.0. The molecule has 0 aliphatic rings. The Bertz CT molecular complexity index is 722. The summed E-state index contributed by atoms with van der Waals surface area (Å²) >= 11 is 0. The van der Waals surface area contributed by atoms with Crippen LogP contribution >= 0.6 is 0 Å². The standard InChI is InChI=1S/C18H20O5/c1-11(17(19)21-3)13-5-6-15-10-16(8-7-14(15)9-13)23-12(2)18(20)22-4/h5-12H,1-4H3. The molecule has 0 amide bonds. The van der Waals surface area contributed by atoms with Gasteiger partial charge in [0, 0.05) is 0 Å². The fourth-order valence-corrected chi connectivity index (χ4v) is 2.32. The van der Waals surface area contributed by atoms with Gasteiger partial charge < -0.3 is 14.2 Å². The van der Waals surface area contributed by atoms with Crippen LogP contribution in [0.5, 0.6) is 5.75 Å². The lowest BCUT2D eigenvalue weighted by atomic mass is 9.98. The highest BCUT2D eigenvalue weighted by molar-refractivity contribution is 5.87. The van der Waals surface area contributed by atoms with Crippen molar-refractivity contribution in [1.82, 2.24) is 0 Å². The van der Waals surface area contributed by atoms with Crippen LogP contribution < -0.4 is 4.74 Å². The van der Waals surface area contributed by atoms with Gasteiger partial charge in [-0.3, -0.25) is 4.79 Å². The number of ether oxygens (including phenoxy) is 3. The molecule has 2 atom stereocenters. The van der Waals surface area contributed by atoms with Gasteiger partial charge in [0.05, 0.1) is 20.1 Å². The topological polar surface area (TPSA) is 61.8 Å².